The summed E-state index contributed by atoms with van der Waals surface area (Å²) in [6, 6.07) is 33.6. The molecule has 2 aliphatic carbocycles. The van der Waals surface area contributed by atoms with E-state index in [0.29, 0.717) is 36.6 Å². The molecule has 48 heavy (non-hydrogen) atoms. The molecule has 1 fully saturated rings. The van der Waals surface area contributed by atoms with Crippen molar-refractivity contribution in [2.24, 2.45) is 10.9 Å². The molecule has 0 radical (unpaired) electrons. The molecule has 8 nitrogen and oxygen atoms in total. The highest BCUT2D eigenvalue weighted by molar-refractivity contribution is 6.31. The molecule has 242 valence electrons. The fourth-order valence-electron chi connectivity index (χ4n) is 6.92. The van der Waals surface area contributed by atoms with Crippen LogP contribution in [-0.2, 0) is 6.54 Å². The SMILES string of the molecule is CN(C)c1nc(NC2CCC(CNC(=O)c3ccc(CN=C4c5ccccc5C(=O)C4c4ccccc4)cc3)CC2)nc2ccccc12. The molecule has 2 aliphatic rings. The van der Waals surface area contributed by atoms with Crippen LogP contribution < -0.4 is 15.5 Å². The van der Waals surface area contributed by atoms with Gasteiger partial charge in [0.2, 0.25) is 5.95 Å². The number of carbonyl (C=O) groups excluding carboxylic acids is 2. The number of aliphatic imine (C=N–C) groups is 1. The molecule has 2 N–H and O–H groups in total. The summed E-state index contributed by atoms with van der Waals surface area (Å²) in [5.41, 5.74) is 5.93. The maximum Gasteiger partial charge on any atom is 0.251 e. The van der Waals surface area contributed by atoms with E-state index in [1.54, 1.807) is 0 Å². The average Bonchev–Trinajstić information content (AvgIpc) is 3.41. The van der Waals surface area contributed by atoms with E-state index in [0.717, 1.165) is 70.4 Å². The summed E-state index contributed by atoms with van der Waals surface area (Å²) in [6.07, 6.45) is 4.07. The number of nitrogens with zero attached hydrogens (tertiary/aromatic N) is 4. The van der Waals surface area contributed by atoms with Crippen molar-refractivity contribution in [3.05, 3.63) is 131 Å². The third kappa shape index (κ3) is 6.56. The molecule has 0 saturated heterocycles. The van der Waals surface area contributed by atoms with E-state index in [1.807, 2.05) is 116 Å². The van der Waals surface area contributed by atoms with Crippen LogP contribution in [0.15, 0.2) is 108 Å². The number of hydrogen-bond acceptors (Lipinski definition) is 7. The van der Waals surface area contributed by atoms with Gasteiger partial charge in [0.15, 0.2) is 5.78 Å². The lowest BCUT2D eigenvalue weighted by Crippen LogP contribution is -2.34. The van der Waals surface area contributed by atoms with E-state index < -0.39 is 5.92 Å². The van der Waals surface area contributed by atoms with E-state index in [9.17, 15) is 9.59 Å². The lowest BCUT2D eigenvalue weighted by molar-refractivity contribution is 0.0942. The molecule has 5 aromatic rings. The normalized spacial score (nSPS) is 19.7. The van der Waals surface area contributed by atoms with Crippen molar-refractivity contribution in [2.45, 2.75) is 44.2 Å². The summed E-state index contributed by atoms with van der Waals surface area (Å²) in [6.45, 7) is 1.09. The topological polar surface area (TPSA) is 99.6 Å². The Hall–Kier alpha value is -5.37. The molecule has 1 aromatic heterocycles. The van der Waals surface area contributed by atoms with Gasteiger partial charge in [0, 0.05) is 48.8 Å². The van der Waals surface area contributed by atoms with Crippen LogP contribution in [0, 0.1) is 5.92 Å². The molecule has 1 amide bonds. The number of aromatic nitrogens is 2. The van der Waals surface area contributed by atoms with Crippen LogP contribution in [-0.4, -0.2) is 54.1 Å². The van der Waals surface area contributed by atoms with Crippen molar-refractivity contribution in [1.29, 1.82) is 0 Å². The van der Waals surface area contributed by atoms with Crippen molar-refractivity contribution in [2.75, 3.05) is 30.9 Å². The molecule has 8 heteroatoms. The molecule has 0 spiro atoms. The van der Waals surface area contributed by atoms with Crippen molar-refractivity contribution in [3.8, 4) is 0 Å². The Bertz CT molecular complexity index is 1960. The van der Waals surface area contributed by atoms with Gasteiger partial charge in [-0.3, -0.25) is 14.6 Å². The van der Waals surface area contributed by atoms with Crippen molar-refractivity contribution < 1.29 is 9.59 Å². The van der Waals surface area contributed by atoms with E-state index in [1.165, 1.54) is 0 Å². The number of benzene rings is 4. The molecule has 0 aliphatic heterocycles. The number of rotatable bonds is 9. The number of hydrogen-bond donors (Lipinski definition) is 2. The second-order valence-corrected chi connectivity index (χ2v) is 13.0. The second kappa shape index (κ2) is 13.8. The zero-order valence-corrected chi connectivity index (χ0v) is 27.4. The number of para-hydroxylation sites is 1. The summed E-state index contributed by atoms with van der Waals surface area (Å²) < 4.78 is 0. The van der Waals surface area contributed by atoms with Gasteiger partial charge >= 0.3 is 0 Å². The third-order valence-electron chi connectivity index (χ3n) is 9.52. The van der Waals surface area contributed by atoms with E-state index >= 15 is 0 Å². The molecule has 1 atom stereocenters. The fourth-order valence-corrected chi connectivity index (χ4v) is 6.92. The van der Waals surface area contributed by atoms with Gasteiger partial charge in [0.25, 0.3) is 5.91 Å². The fraction of sp³-hybridized carbons (Fsp3) is 0.275. The van der Waals surface area contributed by atoms with Crippen LogP contribution in [0.2, 0.25) is 0 Å². The molecule has 1 unspecified atom stereocenters. The summed E-state index contributed by atoms with van der Waals surface area (Å²) >= 11 is 0. The summed E-state index contributed by atoms with van der Waals surface area (Å²) in [4.78, 5) is 42.9. The van der Waals surface area contributed by atoms with Gasteiger partial charge in [-0.2, -0.15) is 4.98 Å². The van der Waals surface area contributed by atoms with Gasteiger partial charge < -0.3 is 15.5 Å². The molecular weight excluding hydrogens is 596 g/mol. The zero-order valence-electron chi connectivity index (χ0n) is 27.4. The largest absolute Gasteiger partial charge is 0.362 e. The smallest absolute Gasteiger partial charge is 0.251 e. The molecule has 0 bridgehead atoms. The monoisotopic (exact) mass is 636 g/mol. The predicted molar refractivity (Wildman–Crippen MR) is 192 cm³/mol. The van der Waals surface area contributed by atoms with Crippen molar-refractivity contribution >= 4 is 40.1 Å². The maximum absolute atomic E-state index is 13.3. The first-order chi connectivity index (χ1) is 23.4. The van der Waals surface area contributed by atoms with Gasteiger partial charge in [-0.05, 0) is 67.0 Å². The number of carbonyl (C=O) groups is 2. The molecule has 1 saturated carbocycles. The van der Waals surface area contributed by atoms with Crippen LogP contribution in [0.5, 0.6) is 0 Å². The van der Waals surface area contributed by atoms with Crippen LogP contribution in [0.3, 0.4) is 0 Å². The number of Topliss-reactive ketones (excluding diaryl/α,β-unsaturated/α-hetero) is 1. The number of amides is 1. The van der Waals surface area contributed by atoms with Crippen molar-refractivity contribution in [1.82, 2.24) is 15.3 Å². The first-order valence-electron chi connectivity index (χ1n) is 16.8. The molecule has 4 aromatic carbocycles. The average molecular weight is 637 g/mol. The van der Waals surface area contributed by atoms with Crippen LogP contribution >= 0.6 is 0 Å². The van der Waals surface area contributed by atoms with Crippen LogP contribution in [0.25, 0.3) is 10.9 Å². The first kappa shape index (κ1) is 31.2. The highest BCUT2D eigenvalue weighted by Gasteiger charge is 2.37. The Morgan fingerprint density at radius 1 is 0.812 bits per heavy atom. The Morgan fingerprint density at radius 2 is 1.50 bits per heavy atom. The lowest BCUT2D eigenvalue weighted by Gasteiger charge is -2.29. The third-order valence-corrected chi connectivity index (χ3v) is 9.52. The zero-order chi connectivity index (χ0) is 33.0. The Kier molecular flexibility index (Phi) is 8.97. The Balaban J connectivity index is 0.926. The van der Waals surface area contributed by atoms with E-state index in [-0.39, 0.29) is 11.7 Å². The minimum Gasteiger partial charge on any atom is -0.362 e. The van der Waals surface area contributed by atoms with Gasteiger partial charge in [-0.15, -0.1) is 0 Å². The van der Waals surface area contributed by atoms with Crippen LogP contribution in [0.1, 0.15) is 69.0 Å². The Morgan fingerprint density at radius 3 is 2.25 bits per heavy atom. The number of fused-ring (bicyclic) bond motifs is 2. The number of ketones is 1. The molecular formula is C40H40N6O2. The Labute approximate surface area is 281 Å². The lowest BCUT2D eigenvalue weighted by atomic mass is 9.86. The highest BCUT2D eigenvalue weighted by atomic mass is 16.1. The molecule has 1 heterocycles. The minimum absolute atomic E-state index is 0.0617. The summed E-state index contributed by atoms with van der Waals surface area (Å²) in [5, 5.41) is 7.77. The first-order valence-corrected chi connectivity index (χ1v) is 16.8. The van der Waals surface area contributed by atoms with Crippen molar-refractivity contribution in [3.63, 3.8) is 0 Å². The molecule has 7 rings (SSSR count). The van der Waals surface area contributed by atoms with Gasteiger partial charge in [-0.25, -0.2) is 4.98 Å². The summed E-state index contributed by atoms with van der Waals surface area (Å²) in [5.74, 6) is 1.64. The van der Waals surface area contributed by atoms with E-state index in [4.69, 9.17) is 15.0 Å². The maximum atomic E-state index is 13.3. The quantitative estimate of drug-likeness (QED) is 0.180. The summed E-state index contributed by atoms with van der Waals surface area (Å²) in [7, 11) is 4.01. The van der Waals surface area contributed by atoms with Gasteiger partial charge in [-0.1, -0.05) is 78.9 Å². The minimum atomic E-state index is -0.401. The highest BCUT2D eigenvalue weighted by Crippen LogP contribution is 2.35. The van der Waals surface area contributed by atoms with Gasteiger partial charge in [0.05, 0.1) is 23.7 Å². The van der Waals surface area contributed by atoms with Crippen LogP contribution in [0.4, 0.5) is 11.8 Å². The second-order valence-electron chi connectivity index (χ2n) is 13.0. The number of nitrogens with one attached hydrogen (secondary N) is 2. The predicted octanol–water partition coefficient (Wildman–Crippen LogP) is 7.07. The standard InChI is InChI=1S/C40H40N6O2/c1-46(2)38-33-14-8-9-15-34(33)44-40(45-38)43-30-22-18-27(19-23-30)25-42-39(48)29-20-16-26(17-21-29)24-41-36-31-12-6-7-13-32(31)37(47)35(36)28-10-4-3-5-11-28/h3-17,20-21,27,30,35H,18-19,22-25H2,1-2H3,(H,42,48)(H,43,44,45). The van der Waals surface area contributed by atoms with E-state index in [2.05, 4.69) is 16.7 Å². The van der Waals surface area contributed by atoms with Gasteiger partial charge in [0.1, 0.15) is 5.82 Å². The number of anilines is 2.